The summed E-state index contributed by atoms with van der Waals surface area (Å²) in [6.45, 7) is 0. The first-order valence-electron chi connectivity index (χ1n) is 16.4. The van der Waals surface area contributed by atoms with Gasteiger partial charge in [0.2, 0.25) is 0 Å². The Labute approximate surface area is 279 Å². The maximum atomic E-state index is 6.62. The van der Waals surface area contributed by atoms with Crippen molar-refractivity contribution in [1.29, 1.82) is 0 Å². The molecule has 0 aliphatic carbocycles. The number of para-hydroxylation sites is 2. The van der Waals surface area contributed by atoms with E-state index in [0.717, 1.165) is 39.0 Å². The first kappa shape index (κ1) is 27.9. The van der Waals surface area contributed by atoms with Crippen LogP contribution in [0.25, 0.3) is 66.1 Å². The van der Waals surface area contributed by atoms with Gasteiger partial charge in [-0.15, -0.1) is 0 Å². The average molecular weight is 614 g/mol. The normalized spacial score (nSPS) is 11.3. The molecule has 2 heteroatoms. The quantitative estimate of drug-likeness (QED) is 0.185. The lowest BCUT2D eigenvalue weighted by atomic mass is 9.93. The number of hydrogen-bond acceptors (Lipinski definition) is 2. The highest BCUT2D eigenvalue weighted by Crippen LogP contribution is 2.45. The number of nitrogens with zero attached hydrogens (tertiary/aromatic N) is 1. The van der Waals surface area contributed by atoms with Crippen LogP contribution in [-0.4, -0.2) is 0 Å². The lowest BCUT2D eigenvalue weighted by Crippen LogP contribution is -2.10. The average Bonchev–Trinajstić information content (AvgIpc) is 3.55. The van der Waals surface area contributed by atoms with Crippen LogP contribution in [0.5, 0.6) is 0 Å². The van der Waals surface area contributed by atoms with E-state index in [4.69, 9.17) is 4.42 Å². The highest BCUT2D eigenvalue weighted by Gasteiger charge is 2.21. The van der Waals surface area contributed by atoms with Crippen molar-refractivity contribution in [2.45, 2.75) is 0 Å². The summed E-state index contributed by atoms with van der Waals surface area (Å²) < 4.78 is 6.62. The molecule has 0 N–H and O–H groups in total. The zero-order valence-electron chi connectivity index (χ0n) is 26.3. The van der Waals surface area contributed by atoms with Gasteiger partial charge in [0.05, 0.1) is 5.69 Å². The van der Waals surface area contributed by atoms with Gasteiger partial charge in [0.25, 0.3) is 0 Å². The third kappa shape index (κ3) is 4.83. The Morgan fingerprint density at radius 1 is 0.354 bits per heavy atom. The summed E-state index contributed by atoms with van der Waals surface area (Å²) >= 11 is 0. The van der Waals surface area contributed by atoms with E-state index in [0.29, 0.717) is 0 Å². The van der Waals surface area contributed by atoms with Gasteiger partial charge >= 0.3 is 0 Å². The second kappa shape index (κ2) is 11.8. The summed E-state index contributed by atoms with van der Waals surface area (Å²) in [5.41, 5.74) is 12.0. The van der Waals surface area contributed by atoms with Gasteiger partial charge in [-0.1, -0.05) is 152 Å². The van der Waals surface area contributed by atoms with E-state index < -0.39 is 0 Å². The minimum atomic E-state index is 0.866. The SMILES string of the molecule is c1ccc(-c2ccc(N(c3ccc(-c4cccc5ccccc45)cc3)c3cccc4c3oc3ccccc34)cc2-c2ccccc2)cc1. The molecule has 0 unspecified atom stereocenters. The molecule has 9 aromatic rings. The Kier molecular flexibility index (Phi) is 6.84. The number of anilines is 3. The molecule has 2 nitrogen and oxygen atoms in total. The Hall–Kier alpha value is -6.38. The van der Waals surface area contributed by atoms with Gasteiger partial charge < -0.3 is 9.32 Å². The maximum absolute atomic E-state index is 6.62. The van der Waals surface area contributed by atoms with Crippen LogP contribution in [-0.2, 0) is 0 Å². The zero-order chi connectivity index (χ0) is 31.9. The molecule has 1 aromatic heterocycles. The van der Waals surface area contributed by atoms with E-state index in [2.05, 4.69) is 181 Å². The summed E-state index contributed by atoms with van der Waals surface area (Å²) in [6, 6.07) is 66.9. The van der Waals surface area contributed by atoms with Crippen LogP contribution in [0.1, 0.15) is 0 Å². The van der Waals surface area contributed by atoms with Crippen LogP contribution in [0.2, 0.25) is 0 Å². The van der Waals surface area contributed by atoms with Crippen molar-refractivity contribution >= 4 is 49.8 Å². The van der Waals surface area contributed by atoms with E-state index in [1.54, 1.807) is 0 Å². The van der Waals surface area contributed by atoms with Crippen molar-refractivity contribution in [2.75, 3.05) is 4.90 Å². The first-order chi connectivity index (χ1) is 23.8. The van der Waals surface area contributed by atoms with Gasteiger partial charge in [-0.25, -0.2) is 0 Å². The highest BCUT2D eigenvalue weighted by atomic mass is 16.3. The molecule has 0 bridgehead atoms. The number of benzene rings is 8. The maximum Gasteiger partial charge on any atom is 0.159 e. The number of rotatable bonds is 6. The molecular weight excluding hydrogens is 583 g/mol. The van der Waals surface area contributed by atoms with Crippen molar-refractivity contribution in [2.24, 2.45) is 0 Å². The molecule has 0 saturated heterocycles. The molecule has 1 heterocycles. The third-order valence-corrected chi connectivity index (χ3v) is 9.28. The molecule has 8 aromatic carbocycles. The summed E-state index contributed by atoms with van der Waals surface area (Å²) in [6.07, 6.45) is 0. The van der Waals surface area contributed by atoms with Crippen LogP contribution >= 0.6 is 0 Å². The molecule has 9 rings (SSSR count). The predicted molar refractivity (Wildman–Crippen MR) is 202 cm³/mol. The second-order valence-corrected chi connectivity index (χ2v) is 12.1. The molecule has 226 valence electrons. The summed E-state index contributed by atoms with van der Waals surface area (Å²) in [5.74, 6) is 0. The lowest BCUT2D eigenvalue weighted by molar-refractivity contribution is 0.669. The number of furan rings is 1. The van der Waals surface area contributed by atoms with Gasteiger partial charge in [0, 0.05) is 22.1 Å². The molecule has 0 radical (unpaired) electrons. The van der Waals surface area contributed by atoms with Crippen molar-refractivity contribution < 1.29 is 4.42 Å². The van der Waals surface area contributed by atoms with Crippen LogP contribution in [0.4, 0.5) is 17.1 Å². The molecule has 48 heavy (non-hydrogen) atoms. The molecule has 0 fully saturated rings. The van der Waals surface area contributed by atoms with Gasteiger partial charge in [-0.2, -0.15) is 0 Å². The summed E-state index contributed by atoms with van der Waals surface area (Å²) in [4.78, 5) is 2.33. The number of hydrogen-bond donors (Lipinski definition) is 0. The molecule has 0 aliphatic rings. The summed E-state index contributed by atoms with van der Waals surface area (Å²) in [7, 11) is 0. The predicted octanol–water partition coefficient (Wildman–Crippen LogP) is 13.2. The molecule has 0 saturated carbocycles. The van der Waals surface area contributed by atoms with E-state index in [-0.39, 0.29) is 0 Å². The molecule has 0 aliphatic heterocycles. The topological polar surface area (TPSA) is 16.4 Å². The standard InChI is InChI=1S/C46H31NO/c1-3-13-32(14-4-1)40-30-29-37(31-43(40)34-15-5-2-6-16-34)47(44-23-12-22-42-41-20-9-10-24-45(41)48-46(42)44)36-27-25-35(26-28-36)39-21-11-18-33-17-7-8-19-38(33)39/h1-31H. The van der Waals surface area contributed by atoms with E-state index in [9.17, 15) is 0 Å². The van der Waals surface area contributed by atoms with Crippen LogP contribution in [0, 0.1) is 0 Å². The summed E-state index contributed by atoms with van der Waals surface area (Å²) in [5, 5.41) is 4.71. The minimum Gasteiger partial charge on any atom is -0.454 e. The highest BCUT2D eigenvalue weighted by molar-refractivity contribution is 6.10. The Balaban J connectivity index is 1.26. The van der Waals surface area contributed by atoms with Gasteiger partial charge in [-0.05, 0) is 80.6 Å². The lowest BCUT2D eigenvalue weighted by Gasteiger charge is -2.27. The van der Waals surface area contributed by atoms with E-state index >= 15 is 0 Å². The Morgan fingerprint density at radius 3 is 1.73 bits per heavy atom. The Morgan fingerprint density at radius 2 is 0.938 bits per heavy atom. The molecule has 0 atom stereocenters. The van der Waals surface area contributed by atoms with Crippen LogP contribution in [0.3, 0.4) is 0 Å². The smallest absolute Gasteiger partial charge is 0.159 e. The van der Waals surface area contributed by atoms with Crippen molar-refractivity contribution in [3.8, 4) is 33.4 Å². The monoisotopic (exact) mass is 613 g/mol. The molecule has 0 spiro atoms. The van der Waals surface area contributed by atoms with Crippen molar-refractivity contribution in [3.05, 3.63) is 188 Å². The Bertz CT molecular complexity index is 2540. The van der Waals surface area contributed by atoms with Crippen LogP contribution in [0.15, 0.2) is 192 Å². The second-order valence-electron chi connectivity index (χ2n) is 12.1. The number of fused-ring (bicyclic) bond motifs is 4. The van der Waals surface area contributed by atoms with Crippen molar-refractivity contribution in [1.82, 2.24) is 0 Å². The fraction of sp³-hybridized carbons (Fsp3) is 0. The van der Waals surface area contributed by atoms with Crippen LogP contribution < -0.4 is 4.90 Å². The fourth-order valence-electron chi connectivity index (χ4n) is 7.00. The van der Waals surface area contributed by atoms with Gasteiger partial charge in [0.1, 0.15) is 5.58 Å². The van der Waals surface area contributed by atoms with Gasteiger partial charge in [0.15, 0.2) is 5.58 Å². The van der Waals surface area contributed by atoms with Gasteiger partial charge in [-0.3, -0.25) is 0 Å². The van der Waals surface area contributed by atoms with E-state index in [1.807, 2.05) is 12.1 Å². The minimum absolute atomic E-state index is 0.866. The third-order valence-electron chi connectivity index (χ3n) is 9.28. The molecular formula is C46H31NO. The largest absolute Gasteiger partial charge is 0.454 e. The fourth-order valence-corrected chi connectivity index (χ4v) is 7.00. The van der Waals surface area contributed by atoms with E-state index in [1.165, 1.54) is 44.2 Å². The molecule has 0 amide bonds. The first-order valence-corrected chi connectivity index (χ1v) is 16.4. The zero-order valence-corrected chi connectivity index (χ0v) is 26.3. The van der Waals surface area contributed by atoms with Crippen molar-refractivity contribution in [3.63, 3.8) is 0 Å².